The molecule has 15 heavy (non-hydrogen) atoms. The average molecular weight is 269 g/mol. The Labute approximate surface area is 102 Å². The number of thiophene rings is 1. The standard InChI is InChI=1S/C9H10Cl2O3S/c1-13-8(14-2)4-6(12)5-3-7(10)15-9(5)11/h3,8H,4H2,1-2H3. The lowest BCUT2D eigenvalue weighted by atomic mass is 10.1. The number of hydrogen-bond donors (Lipinski definition) is 0. The zero-order valence-electron chi connectivity index (χ0n) is 8.25. The minimum Gasteiger partial charge on any atom is -0.355 e. The zero-order valence-corrected chi connectivity index (χ0v) is 10.6. The first-order valence-corrected chi connectivity index (χ1v) is 5.69. The number of rotatable bonds is 5. The number of carbonyl (C=O) groups excluding carboxylic acids is 1. The summed E-state index contributed by atoms with van der Waals surface area (Å²) in [5, 5.41) is 0. The van der Waals surface area contributed by atoms with Gasteiger partial charge in [-0.25, -0.2) is 0 Å². The van der Waals surface area contributed by atoms with E-state index in [-0.39, 0.29) is 12.2 Å². The molecule has 0 aromatic carbocycles. The Morgan fingerprint density at radius 3 is 2.47 bits per heavy atom. The van der Waals surface area contributed by atoms with Gasteiger partial charge in [-0.1, -0.05) is 23.2 Å². The van der Waals surface area contributed by atoms with Crippen molar-refractivity contribution in [2.45, 2.75) is 12.7 Å². The Hall–Kier alpha value is -0.130. The van der Waals surface area contributed by atoms with E-state index in [0.29, 0.717) is 14.2 Å². The monoisotopic (exact) mass is 268 g/mol. The van der Waals surface area contributed by atoms with Crippen molar-refractivity contribution < 1.29 is 14.3 Å². The molecule has 1 aromatic heterocycles. The van der Waals surface area contributed by atoms with Gasteiger partial charge in [0.25, 0.3) is 0 Å². The summed E-state index contributed by atoms with van der Waals surface area (Å²) in [6.07, 6.45) is -0.424. The summed E-state index contributed by atoms with van der Waals surface area (Å²) >= 11 is 12.7. The van der Waals surface area contributed by atoms with Gasteiger partial charge in [-0.05, 0) is 6.07 Å². The molecule has 0 N–H and O–H groups in total. The minimum atomic E-state index is -0.549. The molecule has 0 fully saturated rings. The van der Waals surface area contributed by atoms with Crippen molar-refractivity contribution in [1.82, 2.24) is 0 Å². The van der Waals surface area contributed by atoms with Gasteiger partial charge in [-0.15, -0.1) is 11.3 Å². The van der Waals surface area contributed by atoms with Gasteiger partial charge in [0.1, 0.15) is 4.34 Å². The molecule has 0 aliphatic carbocycles. The maximum Gasteiger partial charge on any atom is 0.170 e. The second-order valence-corrected chi connectivity index (χ2v) is 5.05. The number of ether oxygens (including phenoxy) is 2. The predicted octanol–water partition coefficient (Wildman–Crippen LogP) is 3.25. The van der Waals surface area contributed by atoms with E-state index in [9.17, 15) is 4.79 Å². The molecule has 1 aromatic rings. The third kappa shape index (κ3) is 3.43. The Kier molecular flexibility index (Phi) is 5.02. The van der Waals surface area contributed by atoms with E-state index in [1.165, 1.54) is 25.6 Å². The van der Waals surface area contributed by atoms with E-state index in [4.69, 9.17) is 32.7 Å². The summed E-state index contributed by atoms with van der Waals surface area (Å²) < 4.78 is 10.7. The Morgan fingerprint density at radius 1 is 1.47 bits per heavy atom. The molecule has 0 aliphatic rings. The fourth-order valence-corrected chi connectivity index (χ4v) is 2.55. The van der Waals surface area contributed by atoms with E-state index in [1.54, 1.807) is 6.07 Å². The highest BCUT2D eigenvalue weighted by Crippen LogP contribution is 2.32. The van der Waals surface area contributed by atoms with Crippen molar-refractivity contribution in [1.29, 1.82) is 0 Å². The smallest absolute Gasteiger partial charge is 0.170 e. The molecule has 0 atom stereocenters. The summed E-state index contributed by atoms with van der Waals surface area (Å²) in [5.41, 5.74) is 0.422. The Morgan fingerprint density at radius 2 is 2.07 bits per heavy atom. The second-order valence-electron chi connectivity index (χ2n) is 2.77. The number of methoxy groups -OCH3 is 2. The topological polar surface area (TPSA) is 35.5 Å². The zero-order chi connectivity index (χ0) is 11.4. The van der Waals surface area contributed by atoms with E-state index in [1.807, 2.05) is 0 Å². The van der Waals surface area contributed by atoms with Gasteiger partial charge in [0.2, 0.25) is 0 Å². The van der Waals surface area contributed by atoms with Crippen LogP contribution in [0.25, 0.3) is 0 Å². The molecule has 0 aliphatic heterocycles. The number of ketones is 1. The largest absolute Gasteiger partial charge is 0.355 e. The SMILES string of the molecule is COC(CC(=O)c1cc(Cl)sc1Cl)OC. The van der Waals surface area contributed by atoms with Crippen molar-refractivity contribution in [2.75, 3.05) is 14.2 Å². The molecule has 6 heteroatoms. The molecule has 0 spiro atoms. The lowest BCUT2D eigenvalue weighted by Crippen LogP contribution is -2.17. The van der Waals surface area contributed by atoms with Crippen LogP contribution in [0.15, 0.2) is 6.07 Å². The molecule has 0 radical (unpaired) electrons. The normalized spacial score (nSPS) is 11.0. The summed E-state index contributed by atoms with van der Waals surface area (Å²) in [6, 6.07) is 1.55. The molecule has 1 heterocycles. The maximum absolute atomic E-state index is 11.7. The van der Waals surface area contributed by atoms with Crippen LogP contribution in [0.2, 0.25) is 8.67 Å². The van der Waals surface area contributed by atoms with Crippen LogP contribution in [0.1, 0.15) is 16.8 Å². The van der Waals surface area contributed by atoms with Gasteiger partial charge in [0.05, 0.1) is 10.8 Å². The Bertz CT molecular complexity index is 347. The van der Waals surface area contributed by atoms with Crippen LogP contribution in [-0.4, -0.2) is 26.3 Å². The molecule has 1 rings (SSSR count). The van der Waals surface area contributed by atoms with Crippen LogP contribution < -0.4 is 0 Å². The van der Waals surface area contributed by atoms with Gasteiger partial charge in [0, 0.05) is 19.8 Å². The molecule has 0 saturated carbocycles. The molecule has 0 bridgehead atoms. The van der Waals surface area contributed by atoms with Crippen LogP contribution in [0.3, 0.4) is 0 Å². The summed E-state index contributed by atoms with van der Waals surface area (Å²) in [4.78, 5) is 11.7. The molecule has 0 amide bonds. The molecular formula is C9H10Cl2O3S. The highest BCUT2D eigenvalue weighted by Gasteiger charge is 2.18. The van der Waals surface area contributed by atoms with Crippen LogP contribution in [0.4, 0.5) is 0 Å². The lowest BCUT2D eigenvalue weighted by molar-refractivity contribution is -0.0993. The Balaban J connectivity index is 2.72. The number of Topliss-reactive ketones (excluding diaryl/α,β-unsaturated/α-hetero) is 1. The first-order valence-electron chi connectivity index (χ1n) is 4.12. The highest BCUT2D eigenvalue weighted by molar-refractivity contribution is 7.20. The molecule has 0 saturated heterocycles. The third-order valence-electron chi connectivity index (χ3n) is 1.83. The van der Waals surface area contributed by atoms with E-state index >= 15 is 0 Å². The molecule has 3 nitrogen and oxygen atoms in total. The van der Waals surface area contributed by atoms with Crippen molar-refractivity contribution in [3.8, 4) is 0 Å². The maximum atomic E-state index is 11.7. The van der Waals surface area contributed by atoms with Gasteiger partial charge < -0.3 is 9.47 Å². The van der Waals surface area contributed by atoms with Crippen molar-refractivity contribution in [3.63, 3.8) is 0 Å². The quantitative estimate of drug-likeness (QED) is 0.608. The van der Waals surface area contributed by atoms with Gasteiger partial charge >= 0.3 is 0 Å². The summed E-state index contributed by atoms with van der Waals surface area (Å²) in [7, 11) is 2.95. The number of hydrogen-bond acceptors (Lipinski definition) is 4. The summed E-state index contributed by atoms with van der Waals surface area (Å²) in [6.45, 7) is 0. The highest BCUT2D eigenvalue weighted by atomic mass is 35.5. The second kappa shape index (κ2) is 5.82. The lowest BCUT2D eigenvalue weighted by Gasteiger charge is -2.11. The van der Waals surface area contributed by atoms with Crippen molar-refractivity contribution >= 4 is 40.3 Å². The summed E-state index contributed by atoms with van der Waals surface area (Å²) in [5.74, 6) is -0.142. The van der Waals surface area contributed by atoms with Crippen LogP contribution in [0, 0.1) is 0 Å². The van der Waals surface area contributed by atoms with E-state index in [2.05, 4.69) is 0 Å². The fraction of sp³-hybridized carbons (Fsp3) is 0.444. The number of halogens is 2. The fourth-order valence-electron chi connectivity index (χ4n) is 1.05. The third-order valence-corrected chi connectivity index (χ3v) is 3.32. The van der Waals surface area contributed by atoms with E-state index in [0.717, 1.165) is 0 Å². The molecule has 0 unspecified atom stereocenters. The van der Waals surface area contributed by atoms with Crippen LogP contribution in [-0.2, 0) is 9.47 Å². The van der Waals surface area contributed by atoms with E-state index < -0.39 is 6.29 Å². The molecular weight excluding hydrogens is 259 g/mol. The van der Waals surface area contributed by atoms with Gasteiger partial charge in [0.15, 0.2) is 12.1 Å². The minimum absolute atomic E-state index is 0.125. The predicted molar refractivity (Wildman–Crippen MR) is 61.1 cm³/mol. The van der Waals surface area contributed by atoms with Crippen LogP contribution in [0.5, 0.6) is 0 Å². The number of carbonyl (C=O) groups is 1. The van der Waals surface area contributed by atoms with Crippen LogP contribution >= 0.6 is 34.5 Å². The van der Waals surface area contributed by atoms with Crippen molar-refractivity contribution in [2.24, 2.45) is 0 Å². The van der Waals surface area contributed by atoms with Gasteiger partial charge in [-0.3, -0.25) is 4.79 Å². The first kappa shape index (κ1) is 12.9. The first-order chi connectivity index (χ1) is 7.08. The van der Waals surface area contributed by atoms with Crippen molar-refractivity contribution in [3.05, 3.63) is 20.3 Å². The average Bonchev–Trinajstić information content (AvgIpc) is 2.54. The molecule has 84 valence electrons. The van der Waals surface area contributed by atoms with Gasteiger partial charge in [-0.2, -0.15) is 0 Å².